The van der Waals surface area contributed by atoms with E-state index in [1.165, 1.54) is 0 Å². The first-order valence-corrected chi connectivity index (χ1v) is 8.68. The van der Waals surface area contributed by atoms with Gasteiger partial charge < -0.3 is 19.6 Å². The molecule has 0 bridgehead atoms. The summed E-state index contributed by atoms with van der Waals surface area (Å²) in [6.45, 7) is 4.49. The number of anilines is 3. The molecule has 1 saturated heterocycles. The number of nitrogens with one attached hydrogen (secondary N) is 1. The van der Waals surface area contributed by atoms with Gasteiger partial charge >= 0.3 is 0 Å². The standard InChI is InChI=1S/C18H19N7O2/c1-13-12-15(23-27-13)22-18-20-7-5-14(21-18)17(26)25-10-8-24(9-11-25)16-4-2-3-6-19-16/h2-7,12H,8-11H2,1H3,(H,20,21,22,23). The van der Waals surface area contributed by atoms with Gasteiger partial charge in [-0.3, -0.25) is 4.79 Å². The number of carbonyl (C=O) groups is 1. The van der Waals surface area contributed by atoms with Crippen LogP contribution in [0.5, 0.6) is 0 Å². The predicted octanol–water partition coefficient (Wildman–Crippen LogP) is 1.87. The zero-order chi connectivity index (χ0) is 18.6. The van der Waals surface area contributed by atoms with Gasteiger partial charge in [0, 0.05) is 44.6 Å². The van der Waals surface area contributed by atoms with Gasteiger partial charge in [-0.1, -0.05) is 11.2 Å². The highest BCUT2D eigenvalue weighted by Gasteiger charge is 2.24. The minimum Gasteiger partial charge on any atom is -0.360 e. The first-order valence-electron chi connectivity index (χ1n) is 8.68. The van der Waals surface area contributed by atoms with Gasteiger partial charge in [0.25, 0.3) is 5.91 Å². The Balaban J connectivity index is 1.40. The van der Waals surface area contributed by atoms with Crippen LogP contribution in [0.25, 0.3) is 0 Å². The van der Waals surface area contributed by atoms with Crippen LogP contribution >= 0.6 is 0 Å². The Hall–Kier alpha value is -3.49. The number of aryl methyl sites for hydroxylation is 1. The van der Waals surface area contributed by atoms with Crippen molar-refractivity contribution in [3.63, 3.8) is 0 Å². The first kappa shape index (κ1) is 17.0. The van der Waals surface area contributed by atoms with Crippen LogP contribution in [-0.4, -0.2) is 57.1 Å². The highest BCUT2D eigenvalue weighted by Crippen LogP contribution is 2.16. The number of rotatable bonds is 4. The zero-order valence-electron chi connectivity index (χ0n) is 14.9. The maximum atomic E-state index is 12.8. The second-order valence-corrected chi connectivity index (χ2v) is 6.18. The first-order chi connectivity index (χ1) is 13.2. The van der Waals surface area contributed by atoms with E-state index in [2.05, 4.69) is 30.3 Å². The minimum atomic E-state index is -0.113. The quantitative estimate of drug-likeness (QED) is 0.748. The summed E-state index contributed by atoms with van der Waals surface area (Å²) in [4.78, 5) is 29.6. The number of aromatic nitrogens is 4. The number of hydrogen-bond donors (Lipinski definition) is 1. The molecule has 0 aromatic carbocycles. The van der Waals surface area contributed by atoms with E-state index in [-0.39, 0.29) is 5.91 Å². The molecule has 0 spiro atoms. The highest BCUT2D eigenvalue weighted by atomic mass is 16.5. The number of carbonyl (C=O) groups excluding carboxylic acids is 1. The third-order valence-electron chi connectivity index (χ3n) is 4.28. The van der Waals surface area contributed by atoms with E-state index in [4.69, 9.17) is 4.52 Å². The van der Waals surface area contributed by atoms with Gasteiger partial charge in [0.2, 0.25) is 5.95 Å². The molecule has 0 aliphatic carbocycles. The summed E-state index contributed by atoms with van der Waals surface area (Å²) in [6, 6.07) is 9.18. The molecule has 0 saturated carbocycles. The van der Waals surface area contributed by atoms with Gasteiger partial charge in [-0.2, -0.15) is 0 Å². The molecule has 4 heterocycles. The van der Waals surface area contributed by atoms with Gasteiger partial charge in [0.05, 0.1) is 0 Å². The van der Waals surface area contributed by atoms with Gasteiger partial charge in [0.15, 0.2) is 5.82 Å². The van der Waals surface area contributed by atoms with E-state index in [0.29, 0.717) is 36.3 Å². The van der Waals surface area contributed by atoms with Crippen LogP contribution in [0.2, 0.25) is 0 Å². The Kier molecular flexibility index (Phi) is 4.65. The molecule has 1 aliphatic rings. The molecule has 3 aromatic heterocycles. The molecule has 3 aromatic rings. The SMILES string of the molecule is Cc1cc(Nc2nccc(C(=O)N3CCN(c4ccccn4)CC3)n2)no1. The molecule has 27 heavy (non-hydrogen) atoms. The number of amides is 1. The summed E-state index contributed by atoms with van der Waals surface area (Å²) in [5, 5.41) is 6.78. The predicted molar refractivity (Wildman–Crippen MR) is 98.9 cm³/mol. The lowest BCUT2D eigenvalue weighted by atomic mass is 10.2. The van der Waals surface area contributed by atoms with Crippen LogP contribution < -0.4 is 10.2 Å². The lowest BCUT2D eigenvalue weighted by Gasteiger charge is -2.35. The third kappa shape index (κ3) is 3.86. The van der Waals surface area contributed by atoms with E-state index in [9.17, 15) is 4.79 Å². The summed E-state index contributed by atoms with van der Waals surface area (Å²) in [5.41, 5.74) is 0.346. The zero-order valence-corrected chi connectivity index (χ0v) is 14.9. The molecule has 1 aliphatic heterocycles. The Bertz CT molecular complexity index is 920. The van der Waals surface area contributed by atoms with Crippen molar-refractivity contribution in [1.82, 2.24) is 25.0 Å². The van der Waals surface area contributed by atoms with E-state index in [1.807, 2.05) is 18.2 Å². The number of nitrogens with zero attached hydrogens (tertiary/aromatic N) is 6. The van der Waals surface area contributed by atoms with Crippen molar-refractivity contribution in [2.75, 3.05) is 36.4 Å². The van der Waals surface area contributed by atoms with Crippen LogP contribution in [0.3, 0.4) is 0 Å². The molecule has 1 fully saturated rings. The number of pyridine rings is 1. The van der Waals surface area contributed by atoms with Crippen molar-refractivity contribution < 1.29 is 9.32 Å². The van der Waals surface area contributed by atoms with Crippen molar-refractivity contribution in [2.24, 2.45) is 0 Å². The average molecular weight is 365 g/mol. The molecular formula is C18H19N7O2. The fraction of sp³-hybridized carbons (Fsp3) is 0.278. The monoisotopic (exact) mass is 365 g/mol. The smallest absolute Gasteiger partial charge is 0.272 e. The average Bonchev–Trinajstić information content (AvgIpc) is 3.13. The lowest BCUT2D eigenvalue weighted by molar-refractivity contribution is 0.0740. The second-order valence-electron chi connectivity index (χ2n) is 6.18. The third-order valence-corrected chi connectivity index (χ3v) is 4.28. The molecule has 0 unspecified atom stereocenters. The molecule has 9 nitrogen and oxygen atoms in total. The van der Waals surface area contributed by atoms with Gasteiger partial charge in [0.1, 0.15) is 17.3 Å². The summed E-state index contributed by atoms with van der Waals surface area (Å²) in [7, 11) is 0. The molecule has 1 N–H and O–H groups in total. The topological polar surface area (TPSA) is 100 Å². The number of hydrogen-bond acceptors (Lipinski definition) is 8. The molecule has 4 rings (SSSR count). The molecule has 0 radical (unpaired) electrons. The number of piperazine rings is 1. The normalized spacial score (nSPS) is 14.3. The van der Waals surface area contributed by atoms with E-state index < -0.39 is 0 Å². The summed E-state index contributed by atoms with van der Waals surface area (Å²) in [6.07, 6.45) is 3.33. The van der Waals surface area contributed by atoms with Crippen molar-refractivity contribution in [3.8, 4) is 0 Å². The molecular weight excluding hydrogens is 346 g/mol. The van der Waals surface area contributed by atoms with Crippen LogP contribution in [0, 0.1) is 6.92 Å². The maximum absolute atomic E-state index is 12.8. The summed E-state index contributed by atoms with van der Waals surface area (Å²) >= 11 is 0. The molecule has 1 amide bonds. The van der Waals surface area contributed by atoms with E-state index in [0.717, 1.165) is 18.9 Å². The van der Waals surface area contributed by atoms with Gasteiger partial charge in [-0.15, -0.1) is 0 Å². The minimum absolute atomic E-state index is 0.113. The van der Waals surface area contributed by atoms with Crippen LogP contribution in [0.1, 0.15) is 16.2 Å². The summed E-state index contributed by atoms with van der Waals surface area (Å²) < 4.78 is 5.00. The Morgan fingerprint density at radius 2 is 1.96 bits per heavy atom. The van der Waals surface area contributed by atoms with E-state index >= 15 is 0 Å². The fourth-order valence-electron chi connectivity index (χ4n) is 2.92. The Morgan fingerprint density at radius 3 is 2.67 bits per heavy atom. The van der Waals surface area contributed by atoms with Crippen LogP contribution in [0.4, 0.5) is 17.6 Å². The van der Waals surface area contributed by atoms with Crippen LogP contribution in [0.15, 0.2) is 47.2 Å². The molecule has 0 atom stereocenters. The molecule has 138 valence electrons. The van der Waals surface area contributed by atoms with Crippen molar-refractivity contribution in [1.29, 1.82) is 0 Å². The van der Waals surface area contributed by atoms with Crippen molar-refractivity contribution in [3.05, 3.63) is 54.2 Å². The Labute approximate surface area is 156 Å². The largest absolute Gasteiger partial charge is 0.360 e. The lowest BCUT2D eigenvalue weighted by Crippen LogP contribution is -2.49. The van der Waals surface area contributed by atoms with Crippen LogP contribution in [-0.2, 0) is 0 Å². The van der Waals surface area contributed by atoms with Gasteiger partial charge in [-0.25, -0.2) is 15.0 Å². The van der Waals surface area contributed by atoms with Crippen molar-refractivity contribution in [2.45, 2.75) is 6.92 Å². The molecule has 9 heteroatoms. The van der Waals surface area contributed by atoms with E-state index in [1.54, 1.807) is 36.4 Å². The maximum Gasteiger partial charge on any atom is 0.272 e. The van der Waals surface area contributed by atoms with Crippen molar-refractivity contribution >= 4 is 23.5 Å². The Morgan fingerprint density at radius 1 is 1.11 bits per heavy atom. The summed E-state index contributed by atoms with van der Waals surface area (Å²) in [5.74, 6) is 2.30. The van der Waals surface area contributed by atoms with Gasteiger partial charge in [-0.05, 0) is 25.1 Å². The second kappa shape index (κ2) is 7.40. The highest BCUT2D eigenvalue weighted by molar-refractivity contribution is 5.92. The fourth-order valence-corrected chi connectivity index (χ4v) is 2.92.